The fraction of sp³-hybridized carbons (Fsp3) is 0.0909. The van der Waals surface area contributed by atoms with Gasteiger partial charge in [0.25, 0.3) is 0 Å². The van der Waals surface area contributed by atoms with E-state index >= 15 is 0 Å². The van der Waals surface area contributed by atoms with Crippen LogP contribution in [0.4, 0.5) is 5.13 Å². The summed E-state index contributed by atoms with van der Waals surface area (Å²) in [5.41, 5.74) is 1.68. The molecule has 0 spiro atoms. The third-order valence-corrected chi connectivity index (χ3v) is 7.09. The maximum Gasteiger partial charge on any atom is 0.244 e. The monoisotopic (exact) mass is 422 g/mol. The van der Waals surface area contributed by atoms with Crippen LogP contribution in [0.2, 0.25) is 0 Å². The van der Waals surface area contributed by atoms with Crippen molar-refractivity contribution in [2.45, 2.75) is 11.4 Å². The Balaban J connectivity index is 1.68. The molecule has 0 bridgehead atoms. The van der Waals surface area contributed by atoms with Crippen LogP contribution in [0, 0.1) is 0 Å². The van der Waals surface area contributed by atoms with Crippen molar-refractivity contribution in [3.63, 3.8) is 0 Å². The Morgan fingerprint density at radius 2 is 1.48 bits per heavy atom. The van der Waals surface area contributed by atoms with Gasteiger partial charge in [0.2, 0.25) is 5.91 Å². The molecule has 0 unspecified atom stereocenters. The fourth-order valence-electron chi connectivity index (χ4n) is 2.96. The first-order valence-electron chi connectivity index (χ1n) is 9.00. The molecule has 0 atom stereocenters. The number of nitrogens with zero attached hydrogens (tertiary/aromatic N) is 2. The normalized spacial score (nSPS) is 11.4. The number of hydrogen-bond donors (Lipinski definition) is 0. The molecule has 0 aliphatic rings. The van der Waals surface area contributed by atoms with Crippen LogP contribution in [-0.2, 0) is 21.2 Å². The van der Waals surface area contributed by atoms with Gasteiger partial charge in [0.05, 0.1) is 21.7 Å². The Hall–Kier alpha value is -3.03. The van der Waals surface area contributed by atoms with Crippen molar-refractivity contribution >= 4 is 42.4 Å². The second-order valence-electron chi connectivity index (χ2n) is 6.50. The molecular weight excluding hydrogens is 404 g/mol. The zero-order chi connectivity index (χ0) is 20.3. The van der Waals surface area contributed by atoms with Crippen LogP contribution in [0.5, 0.6) is 0 Å². The maximum atomic E-state index is 13.1. The molecular formula is C22H18N2O3S2. The largest absolute Gasteiger partial charge is 0.283 e. The van der Waals surface area contributed by atoms with Crippen LogP contribution in [0.15, 0.2) is 89.8 Å². The highest BCUT2D eigenvalue weighted by Crippen LogP contribution is 2.30. The van der Waals surface area contributed by atoms with Crippen molar-refractivity contribution < 1.29 is 13.2 Å². The van der Waals surface area contributed by atoms with Gasteiger partial charge < -0.3 is 0 Å². The van der Waals surface area contributed by atoms with Gasteiger partial charge in [-0.15, -0.1) is 0 Å². The number of amides is 1. The lowest BCUT2D eigenvalue weighted by Crippen LogP contribution is -2.35. The number of rotatable bonds is 6. The van der Waals surface area contributed by atoms with E-state index in [0.29, 0.717) is 5.13 Å². The molecule has 4 rings (SSSR count). The number of hydrogen-bond acceptors (Lipinski definition) is 5. The van der Waals surface area contributed by atoms with E-state index in [4.69, 9.17) is 0 Å². The first-order chi connectivity index (χ1) is 14.0. The topological polar surface area (TPSA) is 67.3 Å². The molecule has 3 aromatic carbocycles. The summed E-state index contributed by atoms with van der Waals surface area (Å²) in [6.07, 6.45) is 0. The van der Waals surface area contributed by atoms with Crippen molar-refractivity contribution in [2.24, 2.45) is 0 Å². The molecule has 0 fully saturated rings. The Morgan fingerprint density at radius 3 is 2.17 bits per heavy atom. The summed E-state index contributed by atoms with van der Waals surface area (Å²) in [5.74, 6) is -1.11. The summed E-state index contributed by atoms with van der Waals surface area (Å²) in [6.45, 7) is 0.254. The number of fused-ring (bicyclic) bond motifs is 1. The van der Waals surface area contributed by atoms with Gasteiger partial charge in [-0.2, -0.15) is 0 Å². The summed E-state index contributed by atoms with van der Waals surface area (Å²) < 4.78 is 26.4. The number of carbonyl (C=O) groups is 1. The number of anilines is 1. The highest BCUT2D eigenvalue weighted by molar-refractivity contribution is 7.92. The maximum absolute atomic E-state index is 13.1. The molecule has 29 heavy (non-hydrogen) atoms. The molecule has 0 aliphatic carbocycles. The van der Waals surface area contributed by atoms with Gasteiger partial charge in [-0.1, -0.05) is 72.0 Å². The minimum absolute atomic E-state index is 0.136. The van der Waals surface area contributed by atoms with E-state index in [1.807, 2.05) is 54.6 Å². The lowest BCUT2D eigenvalue weighted by Gasteiger charge is -2.20. The first-order valence-corrected chi connectivity index (χ1v) is 11.5. The summed E-state index contributed by atoms with van der Waals surface area (Å²) in [7, 11) is -3.75. The molecule has 1 heterocycles. The van der Waals surface area contributed by atoms with Gasteiger partial charge >= 0.3 is 0 Å². The van der Waals surface area contributed by atoms with E-state index in [0.717, 1.165) is 15.8 Å². The third-order valence-electron chi connectivity index (χ3n) is 4.41. The highest BCUT2D eigenvalue weighted by Gasteiger charge is 2.26. The quantitative estimate of drug-likeness (QED) is 0.465. The number of sulfone groups is 1. The number of carbonyl (C=O) groups excluding carboxylic acids is 1. The second kappa shape index (κ2) is 8.14. The predicted molar refractivity (Wildman–Crippen MR) is 116 cm³/mol. The number of benzene rings is 3. The Kier molecular flexibility index (Phi) is 5.42. The fourth-order valence-corrected chi connectivity index (χ4v) is 5.16. The lowest BCUT2D eigenvalue weighted by molar-refractivity contribution is -0.116. The first kappa shape index (κ1) is 19.3. The van der Waals surface area contributed by atoms with Crippen LogP contribution < -0.4 is 4.90 Å². The zero-order valence-electron chi connectivity index (χ0n) is 15.4. The van der Waals surface area contributed by atoms with Crippen LogP contribution in [0.3, 0.4) is 0 Å². The van der Waals surface area contributed by atoms with Crippen molar-refractivity contribution in [3.05, 3.63) is 90.5 Å². The van der Waals surface area contributed by atoms with Crippen molar-refractivity contribution in [2.75, 3.05) is 10.7 Å². The van der Waals surface area contributed by atoms with E-state index in [1.165, 1.54) is 28.4 Å². The standard InChI is InChI=1S/C22H18N2O3S2/c25-21(16-29(26,27)18-11-5-2-6-12-18)24(15-17-9-3-1-4-10-17)22-23-19-13-7-8-14-20(19)28-22/h1-14H,15-16H2. The Bertz CT molecular complexity index is 1200. The SMILES string of the molecule is O=C(CS(=O)(=O)c1ccccc1)N(Cc1ccccc1)c1nc2ccccc2s1. The van der Waals surface area contributed by atoms with Crippen molar-refractivity contribution in [3.8, 4) is 0 Å². The van der Waals surface area contributed by atoms with Gasteiger partial charge in [-0.05, 0) is 29.8 Å². The van der Waals surface area contributed by atoms with E-state index in [2.05, 4.69) is 4.98 Å². The lowest BCUT2D eigenvalue weighted by atomic mass is 10.2. The molecule has 0 radical (unpaired) electrons. The predicted octanol–water partition coefficient (Wildman–Crippen LogP) is 4.30. The van der Waals surface area contributed by atoms with Crippen LogP contribution in [0.25, 0.3) is 10.2 Å². The molecule has 7 heteroatoms. The van der Waals surface area contributed by atoms with Gasteiger partial charge in [-0.3, -0.25) is 9.69 Å². The number of aromatic nitrogens is 1. The molecule has 0 saturated carbocycles. The van der Waals surface area contributed by atoms with Gasteiger partial charge in [-0.25, -0.2) is 13.4 Å². The third kappa shape index (κ3) is 4.36. The summed E-state index contributed by atoms with van der Waals surface area (Å²) in [4.78, 5) is 19.3. The molecule has 0 saturated heterocycles. The van der Waals surface area contributed by atoms with Crippen LogP contribution >= 0.6 is 11.3 Å². The molecule has 0 N–H and O–H groups in total. The van der Waals surface area contributed by atoms with Crippen molar-refractivity contribution in [1.29, 1.82) is 0 Å². The smallest absolute Gasteiger partial charge is 0.244 e. The average Bonchev–Trinajstić information content (AvgIpc) is 3.17. The summed E-state index contributed by atoms with van der Waals surface area (Å²) >= 11 is 1.37. The van der Waals surface area contributed by atoms with Crippen LogP contribution in [-0.4, -0.2) is 25.1 Å². The summed E-state index contributed by atoms with van der Waals surface area (Å²) in [5, 5.41) is 0.489. The number of para-hydroxylation sites is 1. The molecule has 1 aromatic heterocycles. The van der Waals surface area contributed by atoms with E-state index < -0.39 is 21.5 Å². The highest BCUT2D eigenvalue weighted by atomic mass is 32.2. The van der Waals surface area contributed by atoms with E-state index in [-0.39, 0.29) is 11.4 Å². The van der Waals surface area contributed by atoms with Gasteiger partial charge in [0.1, 0.15) is 5.75 Å². The zero-order valence-corrected chi connectivity index (χ0v) is 17.1. The molecule has 5 nitrogen and oxygen atoms in total. The molecule has 1 amide bonds. The minimum atomic E-state index is -3.75. The molecule has 4 aromatic rings. The Morgan fingerprint density at radius 1 is 0.862 bits per heavy atom. The number of thiazole rings is 1. The van der Waals surface area contributed by atoms with Crippen molar-refractivity contribution in [1.82, 2.24) is 4.98 Å². The van der Waals surface area contributed by atoms with Gasteiger partial charge in [0, 0.05) is 0 Å². The molecule has 0 aliphatic heterocycles. The van der Waals surface area contributed by atoms with Crippen LogP contribution in [0.1, 0.15) is 5.56 Å². The Labute approximate surface area is 173 Å². The average molecular weight is 423 g/mol. The minimum Gasteiger partial charge on any atom is -0.283 e. The van der Waals surface area contributed by atoms with E-state index in [9.17, 15) is 13.2 Å². The molecule has 146 valence electrons. The van der Waals surface area contributed by atoms with E-state index in [1.54, 1.807) is 18.2 Å². The van der Waals surface area contributed by atoms with Gasteiger partial charge in [0.15, 0.2) is 15.0 Å². The summed E-state index contributed by atoms with van der Waals surface area (Å²) in [6, 6.07) is 25.1. The second-order valence-corrected chi connectivity index (χ2v) is 9.50.